The van der Waals surface area contributed by atoms with Crippen LogP contribution in [0.25, 0.3) is 0 Å². The number of rotatable bonds is 2. The zero-order valence-corrected chi connectivity index (χ0v) is 12.9. The van der Waals surface area contributed by atoms with Crippen LogP contribution in [-0.2, 0) is 0 Å². The average molecular weight is 321 g/mol. The summed E-state index contributed by atoms with van der Waals surface area (Å²) < 4.78 is 13.1. The second kappa shape index (κ2) is 7.25. The predicted molar refractivity (Wildman–Crippen MR) is 80.9 cm³/mol. The van der Waals surface area contributed by atoms with Gasteiger partial charge in [0.15, 0.2) is 0 Å². The number of halogens is 3. The number of hydrogen-bond acceptors (Lipinski definition) is 2. The van der Waals surface area contributed by atoms with Crippen molar-refractivity contribution in [2.45, 2.75) is 25.8 Å². The molecule has 20 heavy (non-hydrogen) atoms. The lowest BCUT2D eigenvalue weighted by atomic mass is 9.92. The Hall–Kier alpha value is -0.840. The molecule has 1 aliphatic heterocycles. The van der Waals surface area contributed by atoms with E-state index in [-0.39, 0.29) is 29.4 Å². The molecular formula is C14H19Cl2FN2O. The zero-order chi connectivity index (χ0) is 14.0. The Kier molecular flexibility index (Phi) is 6.24. The van der Waals surface area contributed by atoms with Crippen LogP contribution in [0, 0.1) is 11.7 Å². The minimum absolute atomic E-state index is 0. The van der Waals surface area contributed by atoms with Gasteiger partial charge in [-0.1, -0.05) is 11.6 Å². The van der Waals surface area contributed by atoms with Gasteiger partial charge in [0, 0.05) is 24.7 Å². The largest absolute Gasteiger partial charge is 0.338 e. The monoisotopic (exact) mass is 320 g/mol. The zero-order valence-electron chi connectivity index (χ0n) is 11.3. The molecule has 112 valence electrons. The van der Waals surface area contributed by atoms with Gasteiger partial charge in [-0.15, -0.1) is 12.4 Å². The molecule has 2 N–H and O–H groups in total. The fraction of sp³-hybridized carbons (Fsp3) is 0.500. The van der Waals surface area contributed by atoms with Gasteiger partial charge in [-0.25, -0.2) is 4.39 Å². The highest BCUT2D eigenvalue weighted by Crippen LogP contribution is 2.22. The molecule has 1 saturated heterocycles. The van der Waals surface area contributed by atoms with Crippen molar-refractivity contribution in [2.75, 3.05) is 13.1 Å². The van der Waals surface area contributed by atoms with E-state index in [1.807, 2.05) is 6.92 Å². The van der Waals surface area contributed by atoms with Gasteiger partial charge < -0.3 is 10.6 Å². The molecular weight excluding hydrogens is 302 g/mol. The molecule has 1 aromatic rings. The molecule has 0 radical (unpaired) electrons. The third-order valence-corrected chi connectivity index (χ3v) is 3.94. The van der Waals surface area contributed by atoms with Gasteiger partial charge in [-0.3, -0.25) is 4.79 Å². The number of carbonyl (C=O) groups is 1. The van der Waals surface area contributed by atoms with Crippen LogP contribution in [-0.4, -0.2) is 29.9 Å². The number of likely N-dealkylation sites (tertiary alicyclic amines) is 1. The van der Waals surface area contributed by atoms with Gasteiger partial charge in [0.1, 0.15) is 5.82 Å². The number of nitrogens with zero attached hydrogens (tertiary/aromatic N) is 1. The summed E-state index contributed by atoms with van der Waals surface area (Å²) in [6, 6.07) is 4.16. The smallest absolute Gasteiger partial charge is 0.253 e. The lowest BCUT2D eigenvalue weighted by Crippen LogP contribution is -2.45. The molecule has 2 atom stereocenters. The summed E-state index contributed by atoms with van der Waals surface area (Å²) in [6.07, 6.45) is 2.00. The molecule has 0 aliphatic carbocycles. The molecule has 1 heterocycles. The van der Waals surface area contributed by atoms with Crippen LogP contribution in [0.15, 0.2) is 18.2 Å². The van der Waals surface area contributed by atoms with Crippen molar-refractivity contribution < 1.29 is 9.18 Å². The van der Waals surface area contributed by atoms with Crippen molar-refractivity contribution in [3.05, 3.63) is 34.6 Å². The van der Waals surface area contributed by atoms with Gasteiger partial charge in [0.25, 0.3) is 5.91 Å². The highest BCUT2D eigenvalue weighted by molar-refractivity contribution is 6.31. The Morgan fingerprint density at radius 3 is 2.85 bits per heavy atom. The topological polar surface area (TPSA) is 46.3 Å². The van der Waals surface area contributed by atoms with Crippen LogP contribution in [0.4, 0.5) is 4.39 Å². The van der Waals surface area contributed by atoms with Crippen LogP contribution >= 0.6 is 24.0 Å². The van der Waals surface area contributed by atoms with Crippen LogP contribution in [0.1, 0.15) is 30.1 Å². The number of carbonyl (C=O) groups excluding carboxylic acids is 1. The first kappa shape index (κ1) is 17.2. The van der Waals surface area contributed by atoms with Crippen molar-refractivity contribution in [3.63, 3.8) is 0 Å². The minimum Gasteiger partial charge on any atom is -0.338 e. The quantitative estimate of drug-likeness (QED) is 0.910. The van der Waals surface area contributed by atoms with Gasteiger partial charge in [-0.2, -0.15) is 0 Å². The Morgan fingerprint density at radius 1 is 1.55 bits per heavy atom. The van der Waals surface area contributed by atoms with Gasteiger partial charge in [0.05, 0.1) is 5.02 Å². The molecule has 1 aromatic carbocycles. The van der Waals surface area contributed by atoms with E-state index in [0.29, 0.717) is 18.0 Å². The Labute approximate surface area is 129 Å². The highest BCUT2D eigenvalue weighted by Gasteiger charge is 2.26. The van der Waals surface area contributed by atoms with Gasteiger partial charge >= 0.3 is 0 Å². The first-order chi connectivity index (χ1) is 8.99. The van der Waals surface area contributed by atoms with E-state index in [1.165, 1.54) is 18.2 Å². The second-order valence-electron chi connectivity index (χ2n) is 5.14. The molecule has 0 spiro atoms. The standard InChI is InChI=1S/C14H18ClFN2O.ClH/c1-9(17)11-3-2-6-18(8-11)14(19)10-4-5-13(16)12(15)7-10;/h4-5,7,9,11H,2-3,6,8,17H2,1H3;1H. The summed E-state index contributed by atoms with van der Waals surface area (Å²) in [5, 5.41) is -0.0217. The van der Waals surface area contributed by atoms with E-state index in [9.17, 15) is 9.18 Å². The van der Waals surface area contributed by atoms with E-state index in [2.05, 4.69) is 0 Å². The number of hydrogen-bond donors (Lipinski definition) is 1. The van der Waals surface area contributed by atoms with E-state index in [1.54, 1.807) is 4.90 Å². The number of benzene rings is 1. The van der Waals surface area contributed by atoms with Crippen LogP contribution in [0.3, 0.4) is 0 Å². The fourth-order valence-corrected chi connectivity index (χ4v) is 2.62. The molecule has 0 aromatic heterocycles. The molecule has 2 rings (SSSR count). The summed E-state index contributed by atoms with van der Waals surface area (Å²) in [5.74, 6) is -0.286. The van der Waals surface area contributed by atoms with Gasteiger partial charge in [0.2, 0.25) is 0 Å². The normalized spacial score (nSPS) is 20.2. The maximum atomic E-state index is 13.1. The first-order valence-electron chi connectivity index (χ1n) is 6.49. The Morgan fingerprint density at radius 2 is 2.25 bits per heavy atom. The molecule has 3 nitrogen and oxygen atoms in total. The second-order valence-corrected chi connectivity index (χ2v) is 5.55. The molecule has 1 aliphatic rings. The van der Waals surface area contributed by atoms with Crippen LogP contribution < -0.4 is 5.73 Å². The molecule has 2 unspecified atom stereocenters. The summed E-state index contributed by atoms with van der Waals surface area (Å²) in [4.78, 5) is 14.1. The highest BCUT2D eigenvalue weighted by atomic mass is 35.5. The van der Waals surface area contributed by atoms with Crippen LogP contribution in [0.2, 0.25) is 5.02 Å². The Bertz CT molecular complexity index is 482. The Balaban J connectivity index is 0.00000200. The summed E-state index contributed by atoms with van der Waals surface area (Å²) in [5.41, 5.74) is 6.33. The number of amides is 1. The van der Waals surface area contributed by atoms with Crippen molar-refractivity contribution in [3.8, 4) is 0 Å². The fourth-order valence-electron chi connectivity index (χ4n) is 2.44. The van der Waals surface area contributed by atoms with Crippen molar-refractivity contribution >= 4 is 29.9 Å². The van der Waals surface area contributed by atoms with Crippen LogP contribution in [0.5, 0.6) is 0 Å². The van der Waals surface area contributed by atoms with E-state index in [0.717, 1.165) is 19.4 Å². The average Bonchev–Trinajstić information content (AvgIpc) is 2.41. The molecule has 6 heteroatoms. The minimum atomic E-state index is -0.509. The molecule has 1 amide bonds. The van der Waals surface area contributed by atoms with Crippen molar-refractivity contribution in [2.24, 2.45) is 11.7 Å². The third kappa shape index (κ3) is 3.84. The first-order valence-corrected chi connectivity index (χ1v) is 6.86. The molecule has 1 fully saturated rings. The maximum absolute atomic E-state index is 13.1. The van der Waals surface area contributed by atoms with E-state index < -0.39 is 5.82 Å². The summed E-state index contributed by atoms with van der Waals surface area (Å²) in [7, 11) is 0. The third-order valence-electron chi connectivity index (χ3n) is 3.66. The van der Waals surface area contributed by atoms with Crippen molar-refractivity contribution in [1.82, 2.24) is 4.90 Å². The van der Waals surface area contributed by atoms with Crippen molar-refractivity contribution in [1.29, 1.82) is 0 Å². The molecule has 0 bridgehead atoms. The van der Waals surface area contributed by atoms with E-state index in [4.69, 9.17) is 17.3 Å². The summed E-state index contributed by atoms with van der Waals surface area (Å²) in [6.45, 7) is 3.34. The molecule has 0 saturated carbocycles. The number of nitrogens with two attached hydrogens (primary N) is 1. The summed E-state index contributed by atoms with van der Waals surface area (Å²) >= 11 is 5.71. The number of piperidine rings is 1. The predicted octanol–water partition coefficient (Wildman–Crippen LogP) is 3.10. The maximum Gasteiger partial charge on any atom is 0.253 e. The van der Waals surface area contributed by atoms with E-state index >= 15 is 0 Å². The van der Waals surface area contributed by atoms with Gasteiger partial charge in [-0.05, 0) is 43.9 Å². The SMILES string of the molecule is CC(N)C1CCCN(C(=O)c2ccc(F)c(Cl)c2)C1.Cl. The lowest BCUT2D eigenvalue weighted by molar-refractivity contribution is 0.0661. The lowest BCUT2D eigenvalue weighted by Gasteiger charge is -2.34.